The lowest BCUT2D eigenvalue weighted by Crippen LogP contribution is -2.14. The van der Waals surface area contributed by atoms with Gasteiger partial charge in [0.1, 0.15) is 33.5 Å². The second kappa shape index (κ2) is 31.8. The fourth-order valence-electron chi connectivity index (χ4n) is 23.5. The highest BCUT2D eigenvalue weighted by atomic mass is 16.3. The van der Waals surface area contributed by atoms with E-state index >= 15 is 0 Å². The van der Waals surface area contributed by atoms with Gasteiger partial charge in [0, 0.05) is 59.3 Å². The highest BCUT2D eigenvalue weighted by molar-refractivity contribution is 6.30. The first-order valence-corrected chi connectivity index (χ1v) is 47.8. The van der Waals surface area contributed by atoms with E-state index in [2.05, 4.69) is 76.2 Å². The smallest absolute Gasteiger partial charge is 0.143 e. The van der Waals surface area contributed by atoms with Crippen LogP contribution in [0.2, 0.25) is 0 Å². The molecule has 31 rings (SSSR count). The molecule has 3 heteroatoms. The van der Waals surface area contributed by atoms with E-state index < -0.39 is 72.5 Å². The highest BCUT2D eigenvalue weighted by Gasteiger charge is 2.39. The molecule has 3 nitrogen and oxygen atoms in total. The summed E-state index contributed by atoms with van der Waals surface area (Å²) < 4.78 is 239. The van der Waals surface area contributed by atoms with Crippen molar-refractivity contribution in [3.05, 3.63) is 495 Å². The maximum atomic E-state index is 9.51. The average Bonchev–Trinajstić information content (AvgIpc) is 0.834. The molecule has 2 aliphatic rings. The molecule has 0 N–H and O–H groups in total. The largest absolute Gasteiger partial charge is 0.455 e. The summed E-state index contributed by atoms with van der Waals surface area (Å²) in [5.74, 6) is 0. The standard InChI is InChI=1S/C51H34O.C45H30O.C44H26O/c1-51(2)44-23-10-9-21-42(44)49-35(22-12-24-45(49)51)32-14-11-15-33(29-32)47-37-17-5-7-19-39(37)48(40-20-8-6-18-38(40)47)34-26-28-46-43(30-34)41-27-25-31-13-3-4-16-36(31)50(41)52-46;1-45(2)39-18-10-9-13-31(39)37-25-28(20-23-40(37)45)42-32-14-5-7-16-34(32)43(35-17-8-6-15-33(35)42)29-21-24-41-38(26-29)36-22-19-27-11-3-4-12-30(27)44(36)46-41;1-4-14-31-27(11-1)21-23-38-39-26-29(22-24-41(39)45-44(31)38)42-34-17-7-9-19-36(34)43(37-20-10-8-18-35(37)42)40-25-28-12-2-3-13-30(28)32-15-5-6-16-33(32)40/h3-30H,1-2H3;3-26H,1-2H3;1-26H/i5D,6D,7D,8D,17D,18D,19D,20D;5D,6D,7D,8D,14D,15D,16D,17D;7D,8D,9D,10D,17D,18D,19D,20D. The maximum absolute atomic E-state index is 9.51. The van der Waals surface area contributed by atoms with Crippen LogP contribution in [0, 0.1) is 0 Å². The molecule has 0 saturated carbocycles. The van der Waals surface area contributed by atoms with Crippen molar-refractivity contribution in [3.8, 4) is 100 Å². The lowest BCUT2D eigenvalue weighted by atomic mass is 9.81. The summed E-state index contributed by atoms with van der Waals surface area (Å²) in [7, 11) is 0. The van der Waals surface area contributed by atoms with Gasteiger partial charge in [0.25, 0.3) is 0 Å². The van der Waals surface area contributed by atoms with Crippen molar-refractivity contribution in [1.82, 2.24) is 0 Å². The molecule has 2 aliphatic carbocycles. The summed E-state index contributed by atoms with van der Waals surface area (Å²) in [5.41, 5.74) is 19.7. The number of hydrogen-bond donors (Lipinski definition) is 0. The summed E-state index contributed by atoms with van der Waals surface area (Å²) in [4.78, 5) is 0. The van der Waals surface area contributed by atoms with Gasteiger partial charge in [-0.3, -0.25) is 0 Å². The molecule has 29 aromatic rings. The van der Waals surface area contributed by atoms with Gasteiger partial charge in [-0.2, -0.15) is 0 Å². The van der Waals surface area contributed by atoms with Crippen molar-refractivity contribution in [2.75, 3.05) is 0 Å². The van der Waals surface area contributed by atoms with Crippen LogP contribution in [-0.4, -0.2) is 0 Å². The molecule has 3 heterocycles. The van der Waals surface area contributed by atoms with Gasteiger partial charge in [-0.25, -0.2) is 0 Å². The molecule has 668 valence electrons. The summed E-state index contributed by atoms with van der Waals surface area (Å²) in [5, 5.41) is 16.6. The Morgan fingerprint density at radius 3 is 0.895 bits per heavy atom. The van der Waals surface area contributed by atoms with Gasteiger partial charge in [0.15, 0.2) is 0 Å². The van der Waals surface area contributed by atoms with Crippen molar-refractivity contribution in [2.45, 2.75) is 38.5 Å². The highest BCUT2D eigenvalue weighted by Crippen LogP contribution is 2.57. The van der Waals surface area contributed by atoms with Gasteiger partial charge in [-0.1, -0.05) is 428 Å². The van der Waals surface area contributed by atoms with E-state index in [1.165, 1.54) is 16.7 Å². The fourth-order valence-corrected chi connectivity index (χ4v) is 23.5. The van der Waals surface area contributed by atoms with Gasteiger partial charge < -0.3 is 13.3 Å². The summed E-state index contributed by atoms with van der Waals surface area (Å²) in [6.07, 6.45) is 0. The molecule has 0 aliphatic heterocycles. The number of furan rings is 3. The Morgan fingerprint density at radius 1 is 0.161 bits per heavy atom. The average molecular weight is 1840 g/mol. The van der Waals surface area contributed by atoms with Crippen LogP contribution in [0.5, 0.6) is 0 Å². The van der Waals surface area contributed by atoms with Crippen LogP contribution in [0.25, 0.3) is 284 Å². The molecule has 0 saturated heterocycles. The van der Waals surface area contributed by atoms with Crippen molar-refractivity contribution in [2.24, 2.45) is 0 Å². The SMILES string of the molecule is [2H]c1c([2H])c([2H])c2c(-c3cc4ccccc4c4ccccc34)c3c([2H])c([2H])c([2H])c([2H])c3c(-c3ccc4oc5c6ccccc6ccc5c4c3)c2c1[2H].[2H]c1c([2H])c([2H])c2c(-c3ccc4oc5c6ccccc6ccc5c4c3)c3c([2H])c([2H])c([2H])c([2H])c3c(-c3ccc4c(c3)-c3ccccc3C4(C)C)c2c1[2H].[2H]c1c([2H])c([2H])c2c(-c3ccc4oc5c6ccccc6ccc5c4c3)c3c([2H])c([2H])c([2H])c([2H])c3c(-c3cccc(-c4cccc5c4-c4ccccc4C5(C)C)c3)c2c1[2H]. The van der Waals surface area contributed by atoms with Gasteiger partial charge in [0.2, 0.25) is 0 Å². The van der Waals surface area contributed by atoms with Crippen LogP contribution in [0.3, 0.4) is 0 Å². The number of benzene rings is 26. The summed E-state index contributed by atoms with van der Waals surface area (Å²) in [6, 6.07) is 98.2. The van der Waals surface area contributed by atoms with Crippen LogP contribution in [0.4, 0.5) is 0 Å². The van der Waals surface area contributed by atoms with Crippen molar-refractivity contribution in [1.29, 1.82) is 0 Å². The lowest BCUT2D eigenvalue weighted by molar-refractivity contribution is 0.660. The van der Waals surface area contributed by atoms with Crippen molar-refractivity contribution >= 4 is 184 Å². The zero-order valence-corrected chi connectivity index (χ0v) is 77.4. The Labute approximate surface area is 859 Å². The Morgan fingerprint density at radius 2 is 0.462 bits per heavy atom. The van der Waals surface area contributed by atoms with Crippen molar-refractivity contribution < 1.29 is 46.1 Å². The maximum Gasteiger partial charge on any atom is 0.143 e. The third-order valence-corrected chi connectivity index (χ3v) is 30.1. The first-order valence-electron chi connectivity index (χ1n) is 59.8. The van der Waals surface area contributed by atoms with Crippen molar-refractivity contribution in [3.63, 3.8) is 0 Å². The summed E-state index contributed by atoms with van der Waals surface area (Å²) >= 11 is 0. The van der Waals surface area contributed by atoms with E-state index in [1.54, 1.807) is 18.2 Å². The minimum Gasteiger partial charge on any atom is -0.455 e. The zero-order chi connectivity index (χ0) is 115. The van der Waals surface area contributed by atoms with Gasteiger partial charge in [0.05, 0.1) is 32.9 Å². The minimum atomic E-state index is -0.434. The first kappa shape index (κ1) is 61.3. The normalized spacial score (nSPS) is 15.4. The van der Waals surface area contributed by atoms with E-state index in [0.717, 1.165) is 131 Å². The molecule has 3 aromatic heterocycles. The van der Waals surface area contributed by atoms with Crippen LogP contribution < -0.4 is 0 Å². The molecule has 26 aromatic carbocycles. The second-order valence-corrected chi connectivity index (χ2v) is 38.3. The number of rotatable bonds is 7. The predicted octanol–water partition coefficient (Wildman–Crippen LogP) is 39.7. The third-order valence-electron chi connectivity index (χ3n) is 30.1. The lowest BCUT2D eigenvalue weighted by Gasteiger charge is -2.22. The van der Waals surface area contributed by atoms with Crippen LogP contribution in [0.1, 0.15) is 82.8 Å². The Kier molecular flexibility index (Phi) is 13.6. The van der Waals surface area contributed by atoms with E-state index in [4.69, 9.17) is 29.7 Å². The molecule has 0 radical (unpaired) electrons. The van der Waals surface area contributed by atoms with Gasteiger partial charge in [-0.05, 0) is 298 Å². The predicted molar refractivity (Wildman–Crippen MR) is 607 cm³/mol. The van der Waals surface area contributed by atoms with Gasteiger partial charge >= 0.3 is 0 Å². The first-order chi connectivity index (χ1) is 80.4. The molecule has 0 unspecified atom stereocenters. The number of hydrogen-bond acceptors (Lipinski definition) is 3. The monoisotopic (exact) mass is 1840 g/mol. The van der Waals surface area contributed by atoms with E-state index in [9.17, 15) is 16.4 Å². The second-order valence-electron chi connectivity index (χ2n) is 38.3. The van der Waals surface area contributed by atoms with Crippen LogP contribution in [0.15, 0.2) is 486 Å². The molecule has 0 spiro atoms. The molecule has 0 amide bonds. The topological polar surface area (TPSA) is 39.4 Å². The molecule has 0 fully saturated rings. The van der Waals surface area contributed by atoms with Crippen LogP contribution >= 0.6 is 0 Å². The molecule has 0 atom stereocenters. The molecular weight excluding hydrogens is 1730 g/mol. The Bertz CT molecular complexity index is 11900. The number of fused-ring (bicyclic) bond motifs is 30. The summed E-state index contributed by atoms with van der Waals surface area (Å²) in [6.45, 7) is 8.80. The van der Waals surface area contributed by atoms with Gasteiger partial charge in [-0.15, -0.1) is 0 Å². The molecular formula is C140H90O3. The van der Waals surface area contributed by atoms with Crippen LogP contribution in [-0.2, 0) is 10.8 Å². The third kappa shape index (κ3) is 12.5. The molecule has 143 heavy (non-hydrogen) atoms. The van der Waals surface area contributed by atoms with E-state index in [-0.39, 0.29) is 148 Å². The fraction of sp³-hybridized carbons (Fsp3) is 0.0429. The van der Waals surface area contributed by atoms with E-state index in [1.807, 2.05) is 261 Å². The van der Waals surface area contributed by atoms with E-state index in [0.29, 0.717) is 94.7 Å². The quantitative estimate of drug-likeness (QED) is 0.118. The Hall–Kier alpha value is -18.0. The minimum absolute atomic E-state index is 0.174. The molecule has 0 bridgehead atoms. The Balaban J connectivity index is 0.000000114. The zero-order valence-electron chi connectivity index (χ0n) is 101.